The van der Waals surface area contributed by atoms with Gasteiger partial charge < -0.3 is 0 Å². The van der Waals surface area contributed by atoms with Gasteiger partial charge in [-0.3, -0.25) is 4.79 Å². The van der Waals surface area contributed by atoms with Gasteiger partial charge in [-0.2, -0.15) is 5.10 Å². The molecular weight excluding hydrogens is 220 g/mol. The first-order chi connectivity index (χ1) is 5.34. The summed E-state index contributed by atoms with van der Waals surface area (Å²) < 4.78 is 0. The van der Waals surface area contributed by atoms with E-state index in [0.717, 1.165) is 5.71 Å². The maximum atomic E-state index is 11.3. The lowest BCUT2D eigenvalue weighted by molar-refractivity contribution is -0.126. The molecule has 1 amide bonds. The van der Waals surface area contributed by atoms with E-state index in [2.05, 4.69) is 21.0 Å². The highest BCUT2D eigenvalue weighted by Gasteiger charge is 2.37. The first-order valence-electron chi connectivity index (χ1n) is 3.84. The zero-order valence-electron chi connectivity index (χ0n) is 7.76. The lowest BCUT2D eigenvalue weighted by atomic mass is 9.88. The molecule has 1 heterocycles. The monoisotopic (exact) mass is 232 g/mol. The summed E-state index contributed by atoms with van der Waals surface area (Å²) in [6.07, 6.45) is 0. The number of carbonyl (C=O) groups is 1. The molecule has 0 saturated carbocycles. The Morgan fingerprint density at radius 3 is 2.17 bits per heavy atom. The molecule has 1 unspecified atom stereocenters. The first-order valence-corrected chi connectivity index (χ1v) is 4.76. The molecule has 0 N–H and O–H groups in total. The van der Waals surface area contributed by atoms with Crippen LogP contribution in [0.15, 0.2) is 5.10 Å². The smallest absolute Gasteiger partial charge is 0.262 e. The molecule has 1 atom stereocenters. The van der Waals surface area contributed by atoms with Crippen LogP contribution in [-0.4, -0.2) is 28.5 Å². The van der Waals surface area contributed by atoms with Crippen LogP contribution in [-0.2, 0) is 4.79 Å². The number of halogens is 1. The number of hydrogen-bond donors (Lipinski definition) is 0. The third-order valence-corrected chi connectivity index (χ3v) is 2.63. The average molecular weight is 233 g/mol. The zero-order chi connectivity index (χ0) is 9.52. The molecule has 0 spiro atoms. The lowest BCUT2D eigenvalue weighted by Gasteiger charge is -2.18. The number of amides is 1. The van der Waals surface area contributed by atoms with E-state index in [4.69, 9.17) is 0 Å². The number of alkyl halides is 1. The minimum atomic E-state index is -0.234. The molecule has 0 aliphatic carbocycles. The van der Waals surface area contributed by atoms with Crippen LogP contribution >= 0.6 is 15.9 Å². The van der Waals surface area contributed by atoms with Gasteiger partial charge >= 0.3 is 0 Å². The van der Waals surface area contributed by atoms with Crippen LogP contribution in [0.4, 0.5) is 0 Å². The van der Waals surface area contributed by atoms with Crippen LogP contribution in [0.1, 0.15) is 20.8 Å². The van der Waals surface area contributed by atoms with Gasteiger partial charge in [-0.25, -0.2) is 5.01 Å². The highest BCUT2D eigenvalue weighted by atomic mass is 79.9. The average Bonchev–Trinajstić information content (AvgIpc) is 2.15. The van der Waals surface area contributed by atoms with Gasteiger partial charge in [0, 0.05) is 12.5 Å². The van der Waals surface area contributed by atoms with Gasteiger partial charge in [0.2, 0.25) is 0 Å². The molecule has 0 aromatic heterocycles. The van der Waals surface area contributed by atoms with E-state index in [1.165, 1.54) is 5.01 Å². The molecule has 0 fully saturated rings. The molecule has 1 aliphatic rings. The van der Waals surface area contributed by atoms with Gasteiger partial charge in [-0.1, -0.05) is 36.7 Å². The summed E-state index contributed by atoms with van der Waals surface area (Å²) >= 11 is 3.32. The predicted molar refractivity (Wildman–Crippen MR) is 52.4 cm³/mol. The fourth-order valence-corrected chi connectivity index (χ4v) is 2.15. The maximum absolute atomic E-state index is 11.3. The van der Waals surface area contributed by atoms with Crippen molar-refractivity contribution in [2.45, 2.75) is 25.6 Å². The summed E-state index contributed by atoms with van der Waals surface area (Å²) in [4.78, 5) is 11.1. The summed E-state index contributed by atoms with van der Waals surface area (Å²) in [5.41, 5.74) is 0.851. The van der Waals surface area contributed by atoms with Gasteiger partial charge in [-0.05, 0) is 0 Å². The van der Waals surface area contributed by atoms with Crippen LogP contribution < -0.4 is 0 Å². The van der Waals surface area contributed by atoms with E-state index >= 15 is 0 Å². The molecule has 0 bridgehead atoms. The number of hydrogen-bond acceptors (Lipinski definition) is 2. The maximum Gasteiger partial charge on any atom is 0.262 e. The van der Waals surface area contributed by atoms with Crippen molar-refractivity contribution in [2.75, 3.05) is 7.05 Å². The van der Waals surface area contributed by atoms with E-state index in [-0.39, 0.29) is 16.1 Å². The Labute approximate surface area is 80.9 Å². The van der Waals surface area contributed by atoms with Gasteiger partial charge in [0.1, 0.15) is 4.83 Å². The number of hydrazone groups is 1. The first kappa shape index (κ1) is 9.71. The van der Waals surface area contributed by atoms with Gasteiger partial charge in [0.05, 0.1) is 5.71 Å². The van der Waals surface area contributed by atoms with E-state index in [9.17, 15) is 4.79 Å². The largest absolute Gasteiger partial charge is 0.271 e. The number of nitrogens with zero attached hydrogens (tertiary/aromatic N) is 2. The van der Waals surface area contributed by atoms with Gasteiger partial charge in [0.15, 0.2) is 0 Å². The van der Waals surface area contributed by atoms with Gasteiger partial charge in [-0.15, -0.1) is 0 Å². The quantitative estimate of drug-likeness (QED) is 0.585. The summed E-state index contributed by atoms with van der Waals surface area (Å²) in [7, 11) is 1.68. The Kier molecular flexibility index (Phi) is 2.29. The minimum Gasteiger partial charge on any atom is -0.271 e. The molecule has 1 rings (SSSR count). The van der Waals surface area contributed by atoms with Crippen molar-refractivity contribution in [3.05, 3.63) is 0 Å². The predicted octanol–water partition coefficient (Wildman–Crippen LogP) is 1.62. The highest BCUT2D eigenvalue weighted by Crippen LogP contribution is 2.27. The van der Waals surface area contributed by atoms with Crippen molar-refractivity contribution < 1.29 is 4.79 Å². The van der Waals surface area contributed by atoms with Crippen LogP contribution in [0.3, 0.4) is 0 Å². The Hall–Kier alpha value is -0.380. The van der Waals surface area contributed by atoms with Crippen molar-refractivity contribution in [1.29, 1.82) is 0 Å². The van der Waals surface area contributed by atoms with Crippen LogP contribution in [0.25, 0.3) is 0 Å². The van der Waals surface area contributed by atoms with E-state index in [0.29, 0.717) is 0 Å². The molecule has 1 aliphatic heterocycles. The fourth-order valence-electron chi connectivity index (χ4n) is 1.07. The molecule has 3 nitrogen and oxygen atoms in total. The lowest BCUT2D eigenvalue weighted by Crippen LogP contribution is -2.31. The van der Waals surface area contributed by atoms with E-state index in [1.54, 1.807) is 7.05 Å². The van der Waals surface area contributed by atoms with Crippen molar-refractivity contribution in [2.24, 2.45) is 10.5 Å². The molecule has 0 radical (unpaired) electrons. The number of carbonyl (C=O) groups excluding carboxylic acids is 1. The zero-order valence-corrected chi connectivity index (χ0v) is 9.34. The Morgan fingerprint density at radius 2 is 2.00 bits per heavy atom. The molecular formula is C8H13BrN2O. The summed E-state index contributed by atoms with van der Waals surface area (Å²) in [6.45, 7) is 6.14. The van der Waals surface area contributed by atoms with Crippen molar-refractivity contribution >= 4 is 27.5 Å². The Bertz CT molecular complexity index is 242. The second-order valence-electron chi connectivity index (χ2n) is 3.96. The van der Waals surface area contributed by atoms with Crippen LogP contribution in [0, 0.1) is 5.41 Å². The van der Waals surface area contributed by atoms with Crippen LogP contribution in [0.5, 0.6) is 0 Å². The Balaban J connectivity index is 2.95. The van der Waals surface area contributed by atoms with E-state index in [1.807, 2.05) is 20.8 Å². The molecule has 68 valence electrons. The molecule has 12 heavy (non-hydrogen) atoms. The second kappa shape index (κ2) is 2.83. The molecule has 0 aromatic carbocycles. The third kappa shape index (κ3) is 1.53. The summed E-state index contributed by atoms with van der Waals surface area (Å²) in [5, 5.41) is 5.56. The van der Waals surface area contributed by atoms with Gasteiger partial charge in [0.25, 0.3) is 5.91 Å². The fraction of sp³-hybridized carbons (Fsp3) is 0.750. The van der Waals surface area contributed by atoms with Crippen molar-refractivity contribution in [3.63, 3.8) is 0 Å². The van der Waals surface area contributed by atoms with Crippen LogP contribution in [0.2, 0.25) is 0 Å². The second-order valence-corrected chi connectivity index (χ2v) is 4.88. The number of rotatable bonds is 0. The van der Waals surface area contributed by atoms with Crippen molar-refractivity contribution in [3.8, 4) is 0 Å². The minimum absolute atomic E-state index is 0.0138. The Morgan fingerprint density at radius 1 is 1.50 bits per heavy atom. The molecule has 4 heteroatoms. The highest BCUT2D eigenvalue weighted by molar-refractivity contribution is 9.10. The summed E-state index contributed by atoms with van der Waals surface area (Å²) in [6, 6.07) is 0. The normalized spacial score (nSPS) is 24.8. The topological polar surface area (TPSA) is 32.7 Å². The molecule has 0 aromatic rings. The molecule has 0 saturated heterocycles. The van der Waals surface area contributed by atoms with Crippen molar-refractivity contribution in [1.82, 2.24) is 5.01 Å². The SMILES string of the molecule is CN1N=C(C(C)(C)C)C(Br)C1=O. The third-order valence-electron chi connectivity index (χ3n) is 1.80. The van der Waals surface area contributed by atoms with E-state index < -0.39 is 0 Å². The summed E-state index contributed by atoms with van der Waals surface area (Å²) in [5.74, 6) is 0.0138. The standard InChI is InChI=1S/C8H13BrN2O/c1-8(2,3)6-5(9)7(12)11(4)10-6/h5H,1-4H3.